The second kappa shape index (κ2) is 4.44. The quantitative estimate of drug-likeness (QED) is 0.818. The van der Waals surface area contributed by atoms with Crippen molar-refractivity contribution in [3.8, 4) is 0 Å². The maximum absolute atomic E-state index is 13.3. The third kappa shape index (κ3) is 2.46. The van der Waals surface area contributed by atoms with Crippen molar-refractivity contribution in [2.24, 2.45) is 0 Å². The lowest BCUT2D eigenvalue weighted by atomic mass is 10.4. The molecule has 82 valence electrons. The van der Waals surface area contributed by atoms with Gasteiger partial charge < -0.3 is 5.73 Å². The van der Waals surface area contributed by atoms with Crippen LogP contribution in [0.3, 0.4) is 0 Å². The molecule has 0 fully saturated rings. The number of nitrogen functional groups attached to an aromatic ring is 1. The van der Waals surface area contributed by atoms with Crippen LogP contribution in [0.15, 0.2) is 40.4 Å². The zero-order valence-electron chi connectivity index (χ0n) is 8.02. The highest BCUT2D eigenvalue weighted by Crippen LogP contribution is 2.28. The molecule has 1 aromatic heterocycles. The lowest BCUT2D eigenvalue weighted by Crippen LogP contribution is -1.97. The Morgan fingerprint density at radius 2 is 2.06 bits per heavy atom. The van der Waals surface area contributed by atoms with E-state index in [1.165, 1.54) is 12.1 Å². The van der Waals surface area contributed by atoms with Gasteiger partial charge in [-0.25, -0.2) is 18.7 Å². The van der Waals surface area contributed by atoms with Gasteiger partial charge in [0.25, 0.3) is 0 Å². The molecule has 0 spiro atoms. The molecule has 0 atom stereocenters. The van der Waals surface area contributed by atoms with Crippen molar-refractivity contribution in [1.29, 1.82) is 0 Å². The van der Waals surface area contributed by atoms with Crippen LogP contribution < -0.4 is 5.73 Å². The Morgan fingerprint density at radius 1 is 1.25 bits per heavy atom. The summed E-state index contributed by atoms with van der Waals surface area (Å²) in [5.41, 5.74) is 5.33. The molecule has 2 N–H and O–H groups in total. The Morgan fingerprint density at radius 3 is 2.81 bits per heavy atom. The summed E-state index contributed by atoms with van der Waals surface area (Å²) in [6.07, 6.45) is 0.990. The number of rotatable bonds is 2. The molecule has 0 aliphatic carbocycles. The molecule has 0 unspecified atom stereocenters. The summed E-state index contributed by atoms with van der Waals surface area (Å²) in [6.45, 7) is 0. The Labute approximate surface area is 94.7 Å². The van der Waals surface area contributed by atoms with Crippen LogP contribution in [0, 0.1) is 11.6 Å². The fourth-order valence-corrected chi connectivity index (χ4v) is 1.91. The van der Waals surface area contributed by atoms with Gasteiger partial charge in [0.2, 0.25) is 5.95 Å². The number of aromatic nitrogens is 2. The molecule has 0 saturated heterocycles. The monoisotopic (exact) mass is 239 g/mol. The van der Waals surface area contributed by atoms with Crippen molar-refractivity contribution in [2.75, 3.05) is 5.73 Å². The van der Waals surface area contributed by atoms with E-state index >= 15 is 0 Å². The normalized spacial score (nSPS) is 10.4. The van der Waals surface area contributed by atoms with Crippen LogP contribution in [0.4, 0.5) is 14.7 Å². The average Bonchev–Trinajstić information content (AvgIpc) is 2.24. The zero-order valence-corrected chi connectivity index (χ0v) is 8.84. The first-order chi connectivity index (χ1) is 7.65. The predicted octanol–water partition coefficient (Wildman–Crippen LogP) is 2.49. The van der Waals surface area contributed by atoms with Gasteiger partial charge in [-0.3, -0.25) is 0 Å². The van der Waals surface area contributed by atoms with Gasteiger partial charge >= 0.3 is 0 Å². The Balaban J connectivity index is 2.30. The van der Waals surface area contributed by atoms with E-state index in [2.05, 4.69) is 9.97 Å². The van der Waals surface area contributed by atoms with Gasteiger partial charge in [0, 0.05) is 4.90 Å². The number of hydrogen-bond donors (Lipinski definition) is 1. The summed E-state index contributed by atoms with van der Waals surface area (Å²) in [4.78, 5) is 7.79. The summed E-state index contributed by atoms with van der Waals surface area (Å²) in [5, 5.41) is 0.0816. The molecule has 6 heteroatoms. The van der Waals surface area contributed by atoms with Gasteiger partial charge in [0.1, 0.15) is 10.8 Å². The van der Waals surface area contributed by atoms with E-state index in [0.717, 1.165) is 18.0 Å². The van der Waals surface area contributed by atoms with E-state index < -0.39 is 5.82 Å². The largest absolute Gasteiger partial charge is 0.368 e. The van der Waals surface area contributed by atoms with Crippen molar-refractivity contribution >= 4 is 17.7 Å². The van der Waals surface area contributed by atoms with E-state index in [9.17, 15) is 8.78 Å². The maximum Gasteiger partial charge on any atom is 0.221 e. The standard InChI is InChI=1S/C10H7F2N3S/c11-6-2-1-3-7(4-6)16-9-8(12)5-14-10(13)15-9/h1-5H,(H2,13,14,15). The van der Waals surface area contributed by atoms with Crippen molar-refractivity contribution in [2.45, 2.75) is 9.92 Å². The molecule has 16 heavy (non-hydrogen) atoms. The van der Waals surface area contributed by atoms with Crippen LogP contribution >= 0.6 is 11.8 Å². The Bertz CT molecular complexity index is 519. The topological polar surface area (TPSA) is 51.8 Å². The first-order valence-corrected chi connectivity index (χ1v) is 5.18. The lowest BCUT2D eigenvalue weighted by molar-refractivity contribution is 0.580. The number of nitrogens with two attached hydrogens (primary N) is 1. The van der Waals surface area contributed by atoms with Gasteiger partial charge in [-0.1, -0.05) is 17.8 Å². The van der Waals surface area contributed by atoms with Gasteiger partial charge in [-0.2, -0.15) is 0 Å². The summed E-state index contributed by atoms with van der Waals surface area (Å²) in [5.74, 6) is -0.976. The van der Waals surface area contributed by atoms with Crippen LogP contribution in [0.2, 0.25) is 0 Å². The summed E-state index contributed by atoms with van der Waals surface area (Å²) >= 11 is 0.996. The van der Waals surface area contributed by atoms with Gasteiger partial charge in [-0.15, -0.1) is 0 Å². The van der Waals surface area contributed by atoms with Gasteiger partial charge in [0.05, 0.1) is 6.20 Å². The molecular weight excluding hydrogens is 232 g/mol. The lowest BCUT2D eigenvalue weighted by Gasteiger charge is -2.02. The van der Waals surface area contributed by atoms with Gasteiger partial charge in [0.15, 0.2) is 5.82 Å². The smallest absolute Gasteiger partial charge is 0.221 e. The van der Waals surface area contributed by atoms with E-state index in [1.54, 1.807) is 12.1 Å². The maximum atomic E-state index is 13.3. The molecule has 0 aliphatic heterocycles. The molecule has 0 aliphatic rings. The van der Waals surface area contributed by atoms with E-state index in [1.807, 2.05) is 0 Å². The van der Waals surface area contributed by atoms with E-state index in [0.29, 0.717) is 4.90 Å². The molecular formula is C10H7F2N3S. The molecule has 0 saturated carbocycles. The highest BCUT2D eigenvalue weighted by molar-refractivity contribution is 7.99. The van der Waals surface area contributed by atoms with E-state index in [-0.39, 0.29) is 16.8 Å². The predicted molar refractivity (Wildman–Crippen MR) is 56.9 cm³/mol. The highest BCUT2D eigenvalue weighted by Gasteiger charge is 2.07. The van der Waals surface area contributed by atoms with Crippen molar-refractivity contribution < 1.29 is 8.78 Å². The number of halogens is 2. The first kappa shape index (κ1) is 10.8. The summed E-state index contributed by atoms with van der Waals surface area (Å²) in [7, 11) is 0. The minimum absolute atomic E-state index is 0.0136. The van der Waals surface area contributed by atoms with E-state index in [4.69, 9.17) is 5.73 Å². The fourth-order valence-electron chi connectivity index (χ4n) is 1.08. The molecule has 0 bridgehead atoms. The van der Waals surface area contributed by atoms with Crippen molar-refractivity contribution in [3.05, 3.63) is 42.1 Å². The van der Waals surface area contributed by atoms with Crippen LogP contribution in [0.1, 0.15) is 0 Å². The van der Waals surface area contributed by atoms with Crippen LogP contribution in [0.25, 0.3) is 0 Å². The molecule has 2 aromatic rings. The van der Waals surface area contributed by atoms with Crippen LogP contribution in [0.5, 0.6) is 0 Å². The SMILES string of the molecule is Nc1ncc(F)c(Sc2cccc(F)c2)n1. The summed E-state index contributed by atoms with van der Waals surface area (Å²) in [6, 6.07) is 5.81. The third-order valence-corrected chi connectivity index (χ3v) is 2.71. The third-order valence-electron chi connectivity index (χ3n) is 1.74. The number of benzene rings is 1. The fraction of sp³-hybridized carbons (Fsp3) is 0. The number of hydrogen-bond acceptors (Lipinski definition) is 4. The molecule has 1 aromatic carbocycles. The second-order valence-electron chi connectivity index (χ2n) is 2.94. The Kier molecular flexibility index (Phi) is 3.00. The first-order valence-electron chi connectivity index (χ1n) is 4.36. The molecule has 0 radical (unpaired) electrons. The second-order valence-corrected chi connectivity index (χ2v) is 4.00. The molecule has 1 heterocycles. The van der Waals surface area contributed by atoms with Crippen molar-refractivity contribution in [1.82, 2.24) is 9.97 Å². The number of nitrogens with zero attached hydrogens (tertiary/aromatic N) is 2. The number of anilines is 1. The molecule has 0 amide bonds. The van der Waals surface area contributed by atoms with Crippen LogP contribution in [-0.2, 0) is 0 Å². The van der Waals surface area contributed by atoms with Crippen LogP contribution in [-0.4, -0.2) is 9.97 Å². The van der Waals surface area contributed by atoms with Gasteiger partial charge in [-0.05, 0) is 18.2 Å². The zero-order chi connectivity index (χ0) is 11.5. The minimum Gasteiger partial charge on any atom is -0.368 e. The minimum atomic E-state index is -0.580. The average molecular weight is 239 g/mol. The highest BCUT2D eigenvalue weighted by atomic mass is 32.2. The molecule has 3 nitrogen and oxygen atoms in total. The summed E-state index contributed by atoms with van der Waals surface area (Å²) < 4.78 is 26.1. The van der Waals surface area contributed by atoms with Crippen molar-refractivity contribution in [3.63, 3.8) is 0 Å². The Hall–Kier alpha value is -1.69. The molecule has 2 rings (SSSR count).